The van der Waals surface area contributed by atoms with Crippen molar-refractivity contribution in [2.45, 2.75) is 108 Å². The summed E-state index contributed by atoms with van der Waals surface area (Å²) in [5, 5.41) is 4.84. The molecule has 46 heavy (non-hydrogen) atoms. The van der Waals surface area contributed by atoms with E-state index in [1.807, 2.05) is 24.3 Å². The molecule has 3 fully saturated rings. The molecule has 3 N–H and O–H groups in total. The van der Waals surface area contributed by atoms with E-state index >= 15 is 0 Å². The maximum atomic E-state index is 14.2. The summed E-state index contributed by atoms with van der Waals surface area (Å²) in [4.78, 5) is 55.7. The van der Waals surface area contributed by atoms with Crippen molar-refractivity contribution in [3.05, 3.63) is 47.0 Å². The molecule has 1 aliphatic heterocycles. The number of ether oxygens (including phenoxy) is 2. The lowest BCUT2D eigenvalue weighted by Crippen LogP contribution is -2.60. The van der Waals surface area contributed by atoms with E-state index in [-0.39, 0.29) is 26.0 Å². The molecule has 5 atom stereocenters. The third-order valence-electron chi connectivity index (χ3n) is 8.25. The highest BCUT2D eigenvalue weighted by molar-refractivity contribution is 9.10. The first-order valence-corrected chi connectivity index (χ1v) is 17.8. The van der Waals surface area contributed by atoms with Gasteiger partial charge in [0, 0.05) is 23.4 Å². The van der Waals surface area contributed by atoms with E-state index < -0.39 is 79.7 Å². The van der Waals surface area contributed by atoms with Crippen LogP contribution < -0.4 is 15.4 Å². The van der Waals surface area contributed by atoms with Gasteiger partial charge in [-0.15, -0.1) is 6.58 Å². The molecule has 0 aromatic heterocycles. The first-order chi connectivity index (χ1) is 21.3. The van der Waals surface area contributed by atoms with E-state index in [9.17, 15) is 27.6 Å². The fourth-order valence-corrected chi connectivity index (χ4v) is 7.32. The standard InChI is InChI=1S/C32H45BrN4O8S/c1-8-20-16-32(20,28(40)36-46(42,43)23-12-13-23)35-26(38)24-15-22(44-18-19-10-9-11-21(33)14-19)17-37(24)27(39)25(30(2,3)4)34-29(41)45-31(5,6)7/h8-11,14,20,22-25H,1,12-13,15-18H2,2-7H3,(H,34,41)(H,35,38)(H,36,40)/t20-,22-,24+,25-,32+/m1/s1. The summed E-state index contributed by atoms with van der Waals surface area (Å²) in [6, 6.07) is 5.43. The minimum Gasteiger partial charge on any atom is -0.444 e. The third-order valence-corrected chi connectivity index (χ3v) is 10.6. The molecule has 1 aromatic carbocycles. The monoisotopic (exact) mass is 724 g/mol. The number of carbonyl (C=O) groups excluding carboxylic acids is 4. The fourth-order valence-electron chi connectivity index (χ4n) is 5.51. The second-order valence-electron chi connectivity index (χ2n) is 14.4. The molecule has 1 aromatic rings. The van der Waals surface area contributed by atoms with Gasteiger partial charge < -0.3 is 25.0 Å². The molecule has 1 saturated heterocycles. The van der Waals surface area contributed by atoms with E-state index in [0.29, 0.717) is 12.8 Å². The summed E-state index contributed by atoms with van der Waals surface area (Å²) in [7, 11) is -3.86. The molecule has 0 radical (unpaired) electrons. The molecule has 254 valence electrons. The Morgan fingerprint density at radius 1 is 1.15 bits per heavy atom. The maximum Gasteiger partial charge on any atom is 0.408 e. The number of alkyl carbamates (subject to hydrolysis) is 1. The van der Waals surface area contributed by atoms with Gasteiger partial charge in [0.1, 0.15) is 23.2 Å². The Labute approximate surface area is 279 Å². The number of nitrogens with one attached hydrogen (secondary N) is 3. The Kier molecular flexibility index (Phi) is 10.3. The minimum atomic E-state index is -3.86. The SMILES string of the molecule is C=C[C@@H]1C[C@@]1(NC(=O)[C@@H]1C[C@@H](OCc2cccc(Br)c2)CN1C(=O)[C@@H](NC(=O)OC(C)(C)C)C(C)(C)C)C(=O)NS(=O)(=O)C1CC1. The Balaban J connectivity index is 1.58. The van der Waals surface area contributed by atoms with Crippen LogP contribution in [0.2, 0.25) is 0 Å². The van der Waals surface area contributed by atoms with E-state index in [0.717, 1.165) is 10.0 Å². The van der Waals surface area contributed by atoms with Crippen LogP contribution in [-0.4, -0.2) is 78.3 Å². The van der Waals surface area contributed by atoms with Crippen molar-refractivity contribution >= 4 is 49.8 Å². The summed E-state index contributed by atoms with van der Waals surface area (Å²) in [5.74, 6) is -2.46. The van der Waals surface area contributed by atoms with Crippen molar-refractivity contribution in [3.8, 4) is 0 Å². The Morgan fingerprint density at radius 3 is 2.37 bits per heavy atom. The van der Waals surface area contributed by atoms with Crippen LogP contribution in [-0.2, 0) is 40.5 Å². The van der Waals surface area contributed by atoms with Crippen LogP contribution in [0.3, 0.4) is 0 Å². The predicted octanol–water partition coefficient (Wildman–Crippen LogP) is 3.54. The van der Waals surface area contributed by atoms with Crippen molar-refractivity contribution in [1.29, 1.82) is 0 Å². The van der Waals surface area contributed by atoms with Crippen LogP contribution in [0.15, 0.2) is 41.4 Å². The molecule has 1 heterocycles. The smallest absolute Gasteiger partial charge is 0.408 e. The van der Waals surface area contributed by atoms with Gasteiger partial charge in [-0.1, -0.05) is 54.9 Å². The molecule has 2 saturated carbocycles. The lowest BCUT2D eigenvalue weighted by molar-refractivity contribution is -0.143. The van der Waals surface area contributed by atoms with E-state index in [2.05, 4.69) is 37.9 Å². The number of likely N-dealkylation sites (tertiary alicyclic amines) is 1. The number of carbonyl (C=O) groups is 4. The summed E-state index contributed by atoms with van der Waals surface area (Å²) in [6.45, 7) is 14.5. The number of amides is 4. The van der Waals surface area contributed by atoms with Crippen LogP contribution in [0.4, 0.5) is 4.79 Å². The highest BCUT2D eigenvalue weighted by Crippen LogP contribution is 2.45. The third kappa shape index (κ3) is 8.68. The second-order valence-corrected chi connectivity index (χ2v) is 17.3. The Morgan fingerprint density at radius 2 is 1.83 bits per heavy atom. The lowest BCUT2D eigenvalue weighted by Gasteiger charge is -2.36. The van der Waals surface area contributed by atoms with Crippen LogP contribution in [0.1, 0.15) is 72.8 Å². The maximum absolute atomic E-state index is 14.2. The number of rotatable bonds is 11. The molecule has 4 amide bonds. The van der Waals surface area contributed by atoms with Crippen LogP contribution in [0, 0.1) is 11.3 Å². The minimum absolute atomic E-state index is 0.0493. The normalized spacial score (nSPS) is 25.3. The molecule has 4 rings (SSSR count). The molecule has 0 bridgehead atoms. The first-order valence-electron chi connectivity index (χ1n) is 15.4. The average Bonchev–Trinajstić information content (AvgIpc) is 3.85. The number of hydrogen-bond donors (Lipinski definition) is 3. The van der Waals surface area contributed by atoms with Crippen molar-refractivity contribution in [2.75, 3.05) is 6.54 Å². The quantitative estimate of drug-likeness (QED) is 0.292. The predicted molar refractivity (Wildman–Crippen MR) is 175 cm³/mol. The zero-order valence-corrected chi connectivity index (χ0v) is 29.6. The largest absolute Gasteiger partial charge is 0.444 e. The van der Waals surface area contributed by atoms with Gasteiger partial charge in [-0.2, -0.15) is 0 Å². The molecule has 0 unspecified atom stereocenters. The molecule has 14 heteroatoms. The van der Waals surface area contributed by atoms with Gasteiger partial charge in [-0.05, 0) is 63.1 Å². The van der Waals surface area contributed by atoms with Gasteiger partial charge in [-0.25, -0.2) is 13.2 Å². The van der Waals surface area contributed by atoms with Crippen LogP contribution in [0.25, 0.3) is 0 Å². The second kappa shape index (κ2) is 13.3. The van der Waals surface area contributed by atoms with Gasteiger partial charge in [0.2, 0.25) is 21.8 Å². The Hall–Kier alpha value is -2.97. The van der Waals surface area contributed by atoms with Gasteiger partial charge in [0.25, 0.3) is 5.91 Å². The van der Waals surface area contributed by atoms with Crippen molar-refractivity contribution < 1.29 is 37.1 Å². The van der Waals surface area contributed by atoms with Gasteiger partial charge in [0.05, 0.1) is 18.0 Å². The topological polar surface area (TPSA) is 160 Å². The summed E-state index contributed by atoms with van der Waals surface area (Å²) >= 11 is 3.45. The first kappa shape index (κ1) is 35.9. The number of sulfonamides is 1. The van der Waals surface area contributed by atoms with Crippen molar-refractivity contribution in [3.63, 3.8) is 0 Å². The Bertz CT molecular complexity index is 1480. The zero-order chi connectivity index (χ0) is 34.2. The van der Waals surface area contributed by atoms with Crippen LogP contribution >= 0.6 is 15.9 Å². The highest BCUT2D eigenvalue weighted by atomic mass is 79.9. The molecule has 2 aliphatic carbocycles. The van der Waals surface area contributed by atoms with Gasteiger partial charge in [-0.3, -0.25) is 19.1 Å². The molecule has 3 aliphatic rings. The summed E-state index contributed by atoms with van der Waals surface area (Å²) < 4.78 is 39.7. The van der Waals surface area contributed by atoms with E-state index in [4.69, 9.17) is 9.47 Å². The van der Waals surface area contributed by atoms with Crippen molar-refractivity contribution in [1.82, 2.24) is 20.3 Å². The lowest BCUT2D eigenvalue weighted by atomic mass is 9.85. The zero-order valence-electron chi connectivity index (χ0n) is 27.2. The average molecular weight is 726 g/mol. The summed E-state index contributed by atoms with van der Waals surface area (Å²) in [5.41, 5.74) is -2.19. The molecular formula is C32H45BrN4O8S. The van der Waals surface area contributed by atoms with Crippen LogP contribution in [0.5, 0.6) is 0 Å². The number of hydrogen-bond acceptors (Lipinski definition) is 8. The number of nitrogens with zero attached hydrogens (tertiary/aromatic N) is 1. The van der Waals surface area contributed by atoms with E-state index in [1.165, 1.54) is 11.0 Å². The number of benzene rings is 1. The molecular weight excluding hydrogens is 680 g/mol. The molecule has 12 nitrogen and oxygen atoms in total. The van der Waals surface area contributed by atoms with Gasteiger partial charge >= 0.3 is 6.09 Å². The van der Waals surface area contributed by atoms with Gasteiger partial charge in [0.15, 0.2) is 0 Å². The van der Waals surface area contributed by atoms with E-state index in [1.54, 1.807) is 41.5 Å². The van der Waals surface area contributed by atoms with Crippen molar-refractivity contribution in [2.24, 2.45) is 11.3 Å². The fraction of sp³-hybridized carbons (Fsp3) is 0.625. The number of halogens is 1. The molecule has 0 spiro atoms. The highest BCUT2D eigenvalue weighted by Gasteiger charge is 2.62. The summed E-state index contributed by atoms with van der Waals surface area (Å²) in [6.07, 6.45) is 1.41.